The second kappa shape index (κ2) is 1.91. The molecule has 2 N–H and O–H groups in total. The van der Waals surface area contributed by atoms with Gasteiger partial charge in [0.1, 0.15) is 0 Å². The van der Waals surface area contributed by atoms with E-state index in [-0.39, 0.29) is 13.1 Å². The zero-order chi connectivity index (χ0) is 7.99. The predicted molar refractivity (Wildman–Crippen MR) is 33.7 cm³/mol. The lowest BCUT2D eigenvalue weighted by Crippen LogP contribution is -2.61. The summed E-state index contributed by atoms with van der Waals surface area (Å²) < 4.78 is 29.7. The molecular weight excluding hydrogens is 158 g/mol. The number of aliphatic hydroxyl groups is 1. The maximum Gasteiger partial charge on any atom is 0.336 e. The van der Waals surface area contributed by atoms with Gasteiger partial charge in [-0.1, -0.05) is 0 Å². The Hall–Kier alpha value is -0.170. The van der Waals surface area contributed by atoms with Crippen molar-refractivity contribution in [2.45, 2.75) is 12.5 Å². The van der Waals surface area contributed by atoms with E-state index in [1.807, 2.05) is 0 Å². The van der Waals surface area contributed by atoms with Crippen LogP contribution in [0.5, 0.6) is 0 Å². The van der Waals surface area contributed by atoms with Gasteiger partial charge in [0.2, 0.25) is 0 Å². The summed E-state index contributed by atoms with van der Waals surface area (Å²) >= 11 is 0. The van der Waals surface area contributed by atoms with Crippen LogP contribution in [0.2, 0.25) is 0 Å². The van der Waals surface area contributed by atoms with Crippen molar-refractivity contribution in [3.8, 4) is 0 Å². The summed E-state index contributed by atoms with van der Waals surface area (Å²) in [6, 6.07) is 0. The topological polar surface area (TPSA) is 77.8 Å². The van der Waals surface area contributed by atoms with Crippen LogP contribution in [0.4, 0.5) is 0 Å². The van der Waals surface area contributed by atoms with Crippen LogP contribution in [0.1, 0.15) is 6.92 Å². The molecule has 0 bridgehead atoms. The van der Waals surface area contributed by atoms with E-state index in [0.717, 1.165) is 4.31 Å². The first-order valence-electron chi connectivity index (χ1n) is 2.76. The third-order valence-corrected chi connectivity index (χ3v) is 2.27. The number of hydrogen-bond donors (Lipinski definition) is 2. The molecule has 0 unspecified atom stereocenters. The van der Waals surface area contributed by atoms with Gasteiger partial charge in [-0.25, -0.2) is 0 Å². The number of rotatable bonds is 1. The third-order valence-electron chi connectivity index (χ3n) is 1.36. The van der Waals surface area contributed by atoms with Crippen LogP contribution in [-0.4, -0.2) is 41.1 Å². The van der Waals surface area contributed by atoms with Gasteiger partial charge in [0, 0.05) is 13.1 Å². The van der Waals surface area contributed by atoms with Crippen molar-refractivity contribution in [2.75, 3.05) is 13.1 Å². The molecule has 1 fully saturated rings. The van der Waals surface area contributed by atoms with Gasteiger partial charge in [0.15, 0.2) is 0 Å². The molecule has 1 rings (SSSR count). The Morgan fingerprint density at radius 1 is 1.50 bits per heavy atom. The standard InChI is InChI=1S/C4H9NO4S/c1-4(6)2-5(3-4)10(7,8)9/h6H,2-3H2,1H3,(H,7,8,9). The first-order valence-corrected chi connectivity index (χ1v) is 4.16. The summed E-state index contributed by atoms with van der Waals surface area (Å²) in [6.45, 7) is 1.46. The van der Waals surface area contributed by atoms with Crippen molar-refractivity contribution in [1.82, 2.24) is 4.31 Å². The first kappa shape index (κ1) is 7.93. The van der Waals surface area contributed by atoms with Gasteiger partial charge >= 0.3 is 10.3 Å². The van der Waals surface area contributed by atoms with Crippen molar-refractivity contribution >= 4 is 10.3 Å². The molecule has 6 heteroatoms. The van der Waals surface area contributed by atoms with Gasteiger partial charge in [-0.05, 0) is 6.92 Å². The van der Waals surface area contributed by atoms with Crippen LogP contribution in [-0.2, 0) is 10.3 Å². The molecule has 0 amide bonds. The lowest BCUT2D eigenvalue weighted by Gasteiger charge is -2.41. The fourth-order valence-corrected chi connectivity index (χ4v) is 1.76. The summed E-state index contributed by atoms with van der Waals surface area (Å²) in [5, 5.41) is 9.03. The average molecular weight is 167 g/mol. The molecule has 0 saturated carbocycles. The van der Waals surface area contributed by atoms with Gasteiger partial charge in [0.05, 0.1) is 5.60 Å². The SMILES string of the molecule is CC1(O)CN(S(=O)(=O)O)C1. The quantitative estimate of drug-likeness (QED) is 0.484. The lowest BCUT2D eigenvalue weighted by molar-refractivity contribution is -0.0461. The molecule has 1 aliphatic rings. The zero-order valence-corrected chi connectivity index (χ0v) is 6.30. The van der Waals surface area contributed by atoms with Crippen LogP contribution in [0.15, 0.2) is 0 Å². The van der Waals surface area contributed by atoms with Crippen LogP contribution in [0.3, 0.4) is 0 Å². The van der Waals surface area contributed by atoms with Crippen LogP contribution >= 0.6 is 0 Å². The molecule has 0 aromatic rings. The molecule has 0 aromatic carbocycles. The highest BCUT2D eigenvalue weighted by Crippen LogP contribution is 2.21. The summed E-state index contributed by atoms with van der Waals surface area (Å²) in [7, 11) is -4.06. The van der Waals surface area contributed by atoms with E-state index in [4.69, 9.17) is 9.66 Å². The van der Waals surface area contributed by atoms with Gasteiger partial charge < -0.3 is 5.11 Å². The normalized spacial score (nSPS) is 25.9. The van der Waals surface area contributed by atoms with Crippen LogP contribution < -0.4 is 0 Å². The minimum absolute atomic E-state index is 0.0220. The monoisotopic (exact) mass is 167 g/mol. The molecule has 60 valence electrons. The van der Waals surface area contributed by atoms with Gasteiger partial charge in [-0.2, -0.15) is 12.7 Å². The minimum Gasteiger partial charge on any atom is -0.387 e. The molecule has 10 heavy (non-hydrogen) atoms. The van der Waals surface area contributed by atoms with Crippen molar-refractivity contribution in [2.24, 2.45) is 0 Å². The fraction of sp³-hybridized carbons (Fsp3) is 1.00. The molecule has 5 nitrogen and oxygen atoms in total. The maximum absolute atomic E-state index is 10.3. The smallest absolute Gasteiger partial charge is 0.336 e. The Labute approximate surface area is 59.1 Å². The third kappa shape index (κ3) is 1.46. The largest absolute Gasteiger partial charge is 0.387 e. The van der Waals surface area contributed by atoms with Gasteiger partial charge in [-0.15, -0.1) is 0 Å². The Balaban J connectivity index is 2.57. The van der Waals surface area contributed by atoms with Gasteiger partial charge in [-0.3, -0.25) is 4.55 Å². The van der Waals surface area contributed by atoms with E-state index < -0.39 is 15.9 Å². The summed E-state index contributed by atoms with van der Waals surface area (Å²) in [5.41, 5.74) is -0.962. The van der Waals surface area contributed by atoms with E-state index in [1.54, 1.807) is 0 Å². The fourth-order valence-electron chi connectivity index (χ4n) is 0.877. The second-order valence-electron chi connectivity index (χ2n) is 2.74. The maximum atomic E-state index is 10.3. The molecule has 0 aromatic heterocycles. The van der Waals surface area contributed by atoms with Crippen molar-refractivity contribution in [3.63, 3.8) is 0 Å². The zero-order valence-electron chi connectivity index (χ0n) is 5.48. The molecule has 0 radical (unpaired) electrons. The molecule has 0 atom stereocenters. The van der Waals surface area contributed by atoms with Gasteiger partial charge in [0.25, 0.3) is 0 Å². The molecule has 0 aliphatic carbocycles. The van der Waals surface area contributed by atoms with Crippen LogP contribution in [0.25, 0.3) is 0 Å². The average Bonchev–Trinajstić information content (AvgIpc) is 1.56. The molecule has 0 spiro atoms. The predicted octanol–water partition coefficient (Wildman–Crippen LogP) is -1.14. The van der Waals surface area contributed by atoms with E-state index in [2.05, 4.69) is 0 Å². The summed E-state index contributed by atoms with van der Waals surface area (Å²) in [5.74, 6) is 0. The number of β-amino-alcohol motifs (C(OH)–C–C–N with tert-alkyl or cyclic N) is 1. The highest BCUT2D eigenvalue weighted by Gasteiger charge is 2.42. The Morgan fingerprint density at radius 3 is 2.00 bits per heavy atom. The van der Waals surface area contributed by atoms with Crippen molar-refractivity contribution in [3.05, 3.63) is 0 Å². The Kier molecular flexibility index (Phi) is 1.52. The molecular formula is C4H9NO4S. The molecule has 1 heterocycles. The van der Waals surface area contributed by atoms with E-state index >= 15 is 0 Å². The summed E-state index contributed by atoms with van der Waals surface area (Å²) in [6.07, 6.45) is 0. The van der Waals surface area contributed by atoms with E-state index in [9.17, 15) is 8.42 Å². The Morgan fingerprint density at radius 2 is 1.90 bits per heavy atom. The number of hydrogen-bond acceptors (Lipinski definition) is 3. The van der Waals surface area contributed by atoms with E-state index in [0.29, 0.717) is 0 Å². The number of nitrogens with zero attached hydrogens (tertiary/aromatic N) is 1. The van der Waals surface area contributed by atoms with Crippen LogP contribution in [0, 0.1) is 0 Å². The van der Waals surface area contributed by atoms with Crippen molar-refractivity contribution < 1.29 is 18.1 Å². The molecule has 1 aliphatic heterocycles. The lowest BCUT2D eigenvalue weighted by atomic mass is 10.0. The second-order valence-corrected chi connectivity index (χ2v) is 4.15. The highest BCUT2D eigenvalue weighted by atomic mass is 32.2. The summed E-state index contributed by atoms with van der Waals surface area (Å²) in [4.78, 5) is 0. The molecule has 1 saturated heterocycles. The minimum atomic E-state index is -4.06. The van der Waals surface area contributed by atoms with Crippen molar-refractivity contribution in [1.29, 1.82) is 0 Å². The first-order chi connectivity index (χ1) is 4.31. The van der Waals surface area contributed by atoms with E-state index in [1.165, 1.54) is 6.92 Å². The highest BCUT2D eigenvalue weighted by molar-refractivity contribution is 7.83. The Bertz CT molecular complexity index is 224.